The molecular weight excluding hydrogens is 208 g/mol. The van der Waals surface area contributed by atoms with E-state index >= 15 is 0 Å². The maximum absolute atomic E-state index is 5.73. The molecule has 0 aliphatic carbocycles. The van der Waals surface area contributed by atoms with Gasteiger partial charge < -0.3 is 0 Å². The monoisotopic (exact) mass is 224 g/mol. The second kappa shape index (κ2) is 5.89. The highest BCUT2D eigenvalue weighted by atomic mass is 35.5. The third-order valence-electron chi connectivity index (χ3n) is 2.14. The first kappa shape index (κ1) is 12.2. The van der Waals surface area contributed by atoms with E-state index in [2.05, 4.69) is 23.4 Å². The van der Waals surface area contributed by atoms with Crippen molar-refractivity contribution in [2.75, 3.05) is 13.1 Å². The third kappa shape index (κ3) is 4.45. The van der Waals surface area contributed by atoms with E-state index in [0.29, 0.717) is 5.15 Å². The van der Waals surface area contributed by atoms with Gasteiger partial charge in [-0.05, 0) is 25.1 Å². The predicted molar refractivity (Wildman–Crippen MR) is 65.0 cm³/mol. The van der Waals surface area contributed by atoms with Gasteiger partial charge in [0.05, 0.1) is 0 Å². The van der Waals surface area contributed by atoms with Gasteiger partial charge >= 0.3 is 0 Å². The summed E-state index contributed by atoms with van der Waals surface area (Å²) in [7, 11) is 0. The molecule has 0 bridgehead atoms. The van der Waals surface area contributed by atoms with E-state index in [1.54, 1.807) is 0 Å². The number of hydrogen-bond donors (Lipinski definition) is 0. The Hall–Kier alpha value is -0.860. The largest absolute Gasteiger partial charge is 0.295 e. The fraction of sp³-hybridized carbons (Fsp3) is 0.417. The minimum atomic E-state index is 0.543. The molecule has 0 radical (unpaired) electrons. The van der Waals surface area contributed by atoms with Crippen LogP contribution in [0.15, 0.2) is 30.5 Å². The van der Waals surface area contributed by atoms with E-state index < -0.39 is 0 Å². The predicted octanol–water partition coefficient (Wildman–Crippen LogP) is 3.13. The zero-order valence-corrected chi connectivity index (χ0v) is 10.1. The molecule has 0 saturated heterocycles. The van der Waals surface area contributed by atoms with Crippen molar-refractivity contribution in [3.63, 3.8) is 0 Å². The lowest BCUT2D eigenvalue weighted by atomic mass is 10.2. The molecule has 0 spiro atoms. The Labute approximate surface area is 96.6 Å². The summed E-state index contributed by atoms with van der Waals surface area (Å²) in [6.07, 6.45) is 1.82. The number of halogens is 1. The van der Waals surface area contributed by atoms with Gasteiger partial charge in [-0.25, -0.2) is 4.98 Å². The van der Waals surface area contributed by atoms with Crippen molar-refractivity contribution >= 4 is 11.6 Å². The second-order valence-electron chi connectivity index (χ2n) is 3.75. The SMILES string of the molecule is C=C(C)CN(CC)Cc1ccc(Cl)nc1. The Morgan fingerprint density at radius 1 is 1.53 bits per heavy atom. The zero-order chi connectivity index (χ0) is 11.3. The van der Waals surface area contributed by atoms with E-state index in [1.165, 1.54) is 11.1 Å². The molecule has 0 saturated carbocycles. The van der Waals surface area contributed by atoms with Crippen LogP contribution in [0.3, 0.4) is 0 Å². The number of likely N-dealkylation sites (N-methyl/N-ethyl adjacent to an activating group) is 1. The first-order valence-corrected chi connectivity index (χ1v) is 5.46. The van der Waals surface area contributed by atoms with Gasteiger partial charge in [0.2, 0.25) is 0 Å². The van der Waals surface area contributed by atoms with E-state index in [4.69, 9.17) is 11.6 Å². The first-order chi connectivity index (χ1) is 7.11. The summed E-state index contributed by atoms with van der Waals surface area (Å²) in [4.78, 5) is 6.37. The summed E-state index contributed by atoms with van der Waals surface area (Å²) in [5, 5.41) is 0.543. The van der Waals surface area contributed by atoms with Crippen LogP contribution in [0.4, 0.5) is 0 Å². The Morgan fingerprint density at radius 2 is 2.27 bits per heavy atom. The average molecular weight is 225 g/mol. The van der Waals surface area contributed by atoms with Crippen LogP contribution < -0.4 is 0 Å². The van der Waals surface area contributed by atoms with Crippen molar-refractivity contribution in [3.05, 3.63) is 41.2 Å². The quantitative estimate of drug-likeness (QED) is 0.564. The molecular formula is C12H17ClN2. The van der Waals surface area contributed by atoms with E-state index in [-0.39, 0.29) is 0 Å². The summed E-state index contributed by atoms with van der Waals surface area (Å²) < 4.78 is 0. The average Bonchev–Trinajstić information content (AvgIpc) is 2.19. The summed E-state index contributed by atoms with van der Waals surface area (Å²) in [5.41, 5.74) is 2.36. The van der Waals surface area contributed by atoms with Crippen LogP contribution in [0.2, 0.25) is 5.15 Å². The van der Waals surface area contributed by atoms with Gasteiger partial charge in [-0.2, -0.15) is 0 Å². The number of pyridine rings is 1. The molecule has 1 rings (SSSR count). The first-order valence-electron chi connectivity index (χ1n) is 5.09. The lowest BCUT2D eigenvalue weighted by Crippen LogP contribution is -2.24. The van der Waals surface area contributed by atoms with Crippen LogP contribution in [0.1, 0.15) is 19.4 Å². The minimum Gasteiger partial charge on any atom is -0.295 e. The number of aromatic nitrogens is 1. The maximum atomic E-state index is 5.73. The van der Waals surface area contributed by atoms with Gasteiger partial charge in [-0.15, -0.1) is 0 Å². The van der Waals surface area contributed by atoms with Crippen LogP contribution >= 0.6 is 11.6 Å². The normalized spacial score (nSPS) is 10.7. The number of hydrogen-bond acceptors (Lipinski definition) is 2. The Bertz CT molecular complexity index is 319. The lowest BCUT2D eigenvalue weighted by Gasteiger charge is -2.20. The van der Waals surface area contributed by atoms with Crippen molar-refractivity contribution in [1.29, 1.82) is 0 Å². The van der Waals surface area contributed by atoms with E-state index in [0.717, 1.165) is 19.6 Å². The molecule has 1 aromatic rings. The van der Waals surface area contributed by atoms with Gasteiger partial charge in [0.1, 0.15) is 5.15 Å². The molecule has 3 heteroatoms. The smallest absolute Gasteiger partial charge is 0.129 e. The van der Waals surface area contributed by atoms with Crippen molar-refractivity contribution in [3.8, 4) is 0 Å². The molecule has 0 amide bonds. The second-order valence-corrected chi connectivity index (χ2v) is 4.14. The molecule has 0 unspecified atom stereocenters. The molecule has 0 fully saturated rings. The molecule has 1 heterocycles. The van der Waals surface area contributed by atoms with Crippen molar-refractivity contribution in [2.45, 2.75) is 20.4 Å². The standard InChI is InChI=1S/C12H17ClN2/c1-4-15(8-10(2)3)9-11-5-6-12(13)14-7-11/h5-7H,2,4,8-9H2,1,3H3. The Balaban J connectivity index is 2.58. The molecule has 82 valence electrons. The lowest BCUT2D eigenvalue weighted by molar-refractivity contribution is 0.304. The Morgan fingerprint density at radius 3 is 2.73 bits per heavy atom. The molecule has 0 aliphatic heterocycles. The fourth-order valence-corrected chi connectivity index (χ4v) is 1.53. The molecule has 0 aromatic carbocycles. The van der Waals surface area contributed by atoms with Crippen molar-refractivity contribution in [1.82, 2.24) is 9.88 Å². The summed E-state index contributed by atoms with van der Waals surface area (Å²) in [6.45, 7) is 10.9. The van der Waals surface area contributed by atoms with Gasteiger partial charge in [-0.3, -0.25) is 4.90 Å². The minimum absolute atomic E-state index is 0.543. The van der Waals surface area contributed by atoms with Crippen LogP contribution in [0, 0.1) is 0 Å². The molecule has 0 atom stereocenters. The molecule has 0 N–H and O–H groups in total. The van der Waals surface area contributed by atoms with Gasteiger partial charge in [0, 0.05) is 19.3 Å². The van der Waals surface area contributed by atoms with Crippen molar-refractivity contribution < 1.29 is 0 Å². The summed E-state index contributed by atoms with van der Waals surface area (Å²) in [6, 6.07) is 3.84. The van der Waals surface area contributed by atoms with Crippen LogP contribution in [-0.2, 0) is 6.54 Å². The summed E-state index contributed by atoms with van der Waals surface area (Å²) in [5.74, 6) is 0. The van der Waals surface area contributed by atoms with E-state index in [1.807, 2.05) is 25.3 Å². The van der Waals surface area contributed by atoms with E-state index in [9.17, 15) is 0 Å². The molecule has 1 aromatic heterocycles. The van der Waals surface area contributed by atoms with Gasteiger partial charge in [0.15, 0.2) is 0 Å². The number of rotatable bonds is 5. The van der Waals surface area contributed by atoms with Gasteiger partial charge in [0.25, 0.3) is 0 Å². The maximum Gasteiger partial charge on any atom is 0.129 e. The number of nitrogens with zero attached hydrogens (tertiary/aromatic N) is 2. The topological polar surface area (TPSA) is 16.1 Å². The summed E-state index contributed by atoms with van der Waals surface area (Å²) >= 11 is 5.73. The van der Waals surface area contributed by atoms with Crippen LogP contribution in [-0.4, -0.2) is 23.0 Å². The highest BCUT2D eigenvalue weighted by Gasteiger charge is 2.03. The molecule has 15 heavy (non-hydrogen) atoms. The molecule has 0 aliphatic rings. The van der Waals surface area contributed by atoms with Crippen molar-refractivity contribution in [2.24, 2.45) is 0 Å². The van der Waals surface area contributed by atoms with Crippen LogP contribution in [0.25, 0.3) is 0 Å². The molecule has 2 nitrogen and oxygen atoms in total. The zero-order valence-electron chi connectivity index (χ0n) is 9.33. The Kier molecular flexibility index (Phi) is 4.79. The van der Waals surface area contributed by atoms with Gasteiger partial charge in [-0.1, -0.05) is 36.7 Å². The highest BCUT2D eigenvalue weighted by Crippen LogP contribution is 2.08. The highest BCUT2D eigenvalue weighted by molar-refractivity contribution is 6.29. The fourth-order valence-electron chi connectivity index (χ4n) is 1.42. The van der Waals surface area contributed by atoms with Crippen LogP contribution in [0.5, 0.6) is 0 Å². The third-order valence-corrected chi connectivity index (χ3v) is 2.36.